The summed E-state index contributed by atoms with van der Waals surface area (Å²) >= 11 is 0. The second-order valence-corrected chi connectivity index (χ2v) is 10.7. The molecule has 0 spiro atoms. The molecule has 7 nitrogen and oxygen atoms in total. The molecule has 186 valence electrons. The average molecular weight is 472 g/mol. The third-order valence-corrected chi connectivity index (χ3v) is 6.29. The Bertz CT molecular complexity index is 989. The van der Waals surface area contributed by atoms with Crippen LogP contribution in [0.2, 0.25) is 0 Å². The van der Waals surface area contributed by atoms with E-state index >= 15 is 0 Å². The number of carbonyl (C=O) groups is 2. The van der Waals surface area contributed by atoms with E-state index in [1.807, 2.05) is 32.8 Å². The first kappa shape index (κ1) is 25.9. The first-order chi connectivity index (χ1) is 16.0. The van der Waals surface area contributed by atoms with Gasteiger partial charge in [-0.3, -0.25) is 9.59 Å². The lowest BCUT2D eigenvalue weighted by atomic mass is 9.91. The number of piperidine rings is 1. The fraction of sp³-hybridized carbons (Fsp3) is 0.577. The maximum absolute atomic E-state index is 13.4. The van der Waals surface area contributed by atoms with Gasteiger partial charge in [0, 0.05) is 32.1 Å². The fourth-order valence-electron chi connectivity index (χ4n) is 4.76. The van der Waals surface area contributed by atoms with Gasteiger partial charge < -0.3 is 15.1 Å². The van der Waals surface area contributed by atoms with E-state index in [4.69, 9.17) is 0 Å². The molecule has 1 saturated heterocycles. The van der Waals surface area contributed by atoms with Gasteiger partial charge in [-0.1, -0.05) is 27.7 Å². The van der Waals surface area contributed by atoms with Crippen molar-refractivity contribution in [3.63, 3.8) is 0 Å². The van der Waals surface area contributed by atoms with Crippen LogP contribution in [0.1, 0.15) is 62.5 Å². The molecule has 0 bridgehead atoms. The molecular weight excluding hydrogens is 433 g/mol. The molecule has 2 heterocycles. The zero-order valence-corrected chi connectivity index (χ0v) is 21.3. The van der Waals surface area contributed by atoms with Gasteiger partial charge in [0.15, 0.2) is 0 Å². The minimum absolute atomic E-state index is 0.00620. The number of hydrogen-bond donors (Lipinski definition) is 1. The molecule has 1 N–H and O–H groups in total. The molecule has 0 atom stereocenters. The number of nitrogens with zero attached hydrogens (tertiary/aromatic N) is 4. The van der Waals surface area contributed by atoms with Crippen molar-refractivity contribution in [3.8, 4) is 5.69 Å². The number of nitrogens with one attached hydrogen (secondary N) is 1. The van der Waals surface area contributed by atoms with E-state index in [1.165, 1.54) is 12.1 Å². The molecular formula is C26H38FN5O2. The van der Waals surface area contributed by atoms with Gasteiger partial charge in [-0.2, -0.15) is 5.10 Å². The standard InChI is InChI=1S/C26H38FN5O2/c1-18(2)23-22(15-29-32(23)21-9-7-20(27)8-10-21)25(34)31-13-11-19(12-14-31)24(33)28-16-26(3,4)17-30(5)6/h7-10,15,18-19H,11-14,16-17H2,1-6H3,(H,28,33). The van der Waals surface area contributed by atoms with Gasteiger partial charge in [-0.15, -0.1) is 0 Å². The largest absolute Gasteiger partial charge is 0.355 e. The summed E-state index contributed by atoms with van der Waals surface area (Å²) in [6.45, 7) is 10.9. The van der Waals surface area contributed by atoms with Gasteiger partial charge in [-0.25, -0.2) is 9.07 Å². The molecule has 3 rings (SSSR count). The lowest BCUT2D eigenvalue weighted by Gasteiger charge is -2.33. The smallest absolute Gasteiger partial charge is 0.257 e. The number of carbonyl (C=O) groups excluding carboxylic acids is 2. The quantitative estimate of drug-likeness (QED) is 0.638. The highest BCUT2D eigenvalue weighted by Gasteiger charge is 2.31. The number of halogens is 1. The normalized spacial score (nSPS) is 15.3. The number of aromatic nitrogens is 2. The van der Waals surface area contributed by atoms with Gasteiger partial charge in [0.1, 0.15) is 5.82 Å². The third kappa shape index (κ3) is 6.23. The van der Waals surface area contributed by atoms with Crippen LogP contribution in [-0.2, 0) is 4.79 Å². The van der Waals surface area contributed by atoms with Crippen molar-refractivity contribution in [3.05, 3.63) is 47.5 Å². The SMILES string of the molecule is CC(C)c1c(C(=O)N2CCC(C(=O)NCC(C)(C)CN(C)C)CC2)cnn1-c1ccc(F)cc1. The topological polar surface area (TPSA) is 70.5 Å². The summed E-state index contributed by atoms with van der Waals surface area (Å²) in [5.41, 5.74) is 2.08. The second-order valence-electron chi connectivity index (χ2n) is 10.7. The summed E-state index contributed by atoms with van der Waals surface area (Å²) in [4.78, 5) is 30.0. The molecule has 34 heavy (non-hydrogen) atoms. The van der Waals surface area contributed by atoms with E-state index in [0.717, 1.165) is 17.9 Å². The van der Waals surface area contributed by atoms with E-state index in [-0.39, 0.29) is 34.9 Å². The number of likely N-dealkylation sites (tertiary alicyclic amines) is 1. The van der Waals surface area contributed by atoms with Crippen LogP contribution < -0.4 is 5.32 Å². The van der Waals surface area contributed by atoms with Crippen molar-refractivity contribution in [2.45, 2.75) is 46.5 Å². The Morgan fingerprint density at radius 1 is 1.18 bits per heavy atom. The van der Waals surface area contributed by atoms with Crippen LogP contribution >= 0.6 is 0 Å². The maximum Gasteiger partial charge on any atom is 0.257 e. The zero-order valence-electron chi connectivity index (χ0n) is 21.3. The van der Waals surface area contributed by atoms with Gasteiger partial charge in [-0.05, 0) is 62.5 Å². The molecule has 8 heteroatoms. The molecule has 1 aliphatic heterocycles. The number of benzene rings is 1. The summed E-state index contributed by atoms with van der Waals surface area (Å²) in [6.07, 6.45) is 2.90. The van der Waals surface area contributed by atoms with Crippen molar-refractivity contribution >= 4 is 11.8 Å². The lowest BCUT2D eigenvalue weighted by molar-refractivity contribution is -0.126. The minimum Gasteiger partial charge on any atom is -0.355 e. The Morgan fingerprint density at radius 2 is 1.79 bits per heavy atom. The van der Waals surface area contributed by atoms with Crippen LogP contribution in [-0.4, -0.2) is 71.7 Å². The zero-order chi connectivity index (χ0) is 25.0. The molecule has 0 unspecified atom stereocenters. The molecule has 1 aromatic carbocycles. The molecule has 1 aromatic heterocycles. The van der Waals surface area contributed by atoms with Crippen LogP contribution in [0.25, 0.3) is 5.69 Å². The monoisotopic (exact) mass is 471 g/mol. The van der Waals surface area contributed by atoms with E-state index in [0.29, 0.717) is 38.0 Å². The fourth-order valence-corrected chi connectivity index (χ4v) is 4.76. The number of amides is 2. The molecule has 0 aliphatic carbocycles. The Morgan fingerprint density at radius 3 is 2.35 bits per heavy atom. The summed E-state index contributed by atoms with van der Waals surface area (Å²) in [7, 11) is 4.06. The molecule has 1 aliphatic rings. The Hall–Kier alpha value is -2.74. The maximum atomic E-state index is 13.4. The third-order valence-electron chi connectivity index (χ3n) is 6.29. The number of rotatable bonds is 8. The Labute approximate surface area is 202 Å². The molecule has 2 aromatic rings. The summed E-state index contributed by atoms with van der Waals surface area (Å²) < 4.78 is 15.1. The van der Waals surface area contributed by atoms with Crippen LogP contribution in [0.4, 0.5) is 4.39 Å². The second kappa shape index (κ2) is 10.7. The predicted octanol–water partition coefficient (Wildman–Crippen LogP) is 3.69. The molecule has 0 radical (unpaired) electrons. The van der Waals surface area contributed by atoms with Crippen LogP contribution in [0.3, 0.4) is 0 Å². The van der Waals surface area contributed by atoms with E-state index in [2.05, 4.69) is 29.2 Å². The van der Waals surface area contributed by atoms with Crippen molar-refractivity contribution in [1.82, 2.24) is 24.9 Å². The van der Waals surface area contributed by atoms with Crippen molar-refractivity contribution in [1.29, 1.82) is 0 Å². The Balaban J connectivity index is 1.63. The minimum atomic E-state index is -0.313. The average Bonchev–Trinajstić information content (AvgIpc) is 3.22. The van der Waals surface area contributed by atoms with E-state index in [1.54, 1.807) is 23.0 Å². The first-order valence-corrected chi connectivity index (χ1v) is 12.0. The van der Waals surface area contributed by atoms with Gasteiger partial charge in [0.25, 0.3) is 5.91 Å². The highest BCUT2D eigenvalue weighted by Crippen LogP contribution is 2.26. The summed E-state index contributed by atoms with van der Waals surface area (Å²) in [5, 5.41) is 7.56. The molecule has 0 saturated carbocycles. The molecule has 2 amide bonds. The van der Waals surface area contributed by atoms with Crippen molar-refractivity contribution in [2.24, 2.45) is 11.3 Å². The van der Waals surface area contributed by atoms with Gasteiger partial charge >= 0.3 is 0 Å². The summed E-state index contributed by atoms with van der Waals surface area (Å²) in [6, 6.07) is 6.10. The first-order valence-electron chi connectivity index (χ1n) is 12.0. The number of hydrogen-bond acceptors (Lipinski definition) is 4. The van der Waals surface area contributed by atoms with Crippen LogP contribution in [0, 0.1) is 17.2 Å². The Kier molecular flexibility index (Phi) is 8.13. The van der Waals surface area contributed by atoms with Gasteiger partial charge in [0.2, 0.25) is 5.91 Å². The van der Waals surface area contributed by atoms with Crippen molar-refractivity contribution < 1.29 is 14.0 Å². The van der Waals surface area contributed by atoms with E-state index in [9.17, 15) is 14.0 Å². The van der Waals surface area contributed by atoms with E-state index < -0.39 is 0 Å². The highest BCUT2D eigenvalue weighted by molar-refractivity contribution is 5.95. The summed E-state index contributed by atoms with van der Waals surface area (Å²) in [5.74, 6) is -0.327. The highest BCUT2D eigenvalue weighted by atomic mass is 19.1. The van der Waals surface area contributed by atoms with Crippen molar-refractivity contribution in [2.75, 3.05) is 40.3 Å². The van der Waals surface area contributed by atoms with Crippen LogP contribution in [0.15, 0.2) is 30.5 Å². The van der Waals surface area contributed by atoms with Crippen LogP contribution in [0.5, 0.6) is 0 Å². The lowest BCUT2D eigenvalue weighted by Crippen LogP contribution is -2.46. The van der Waals surface area contributed by atoms with Gasteiger partial charge in [0.05, 0.1) is 23.1 Å². The molecule has 1 fully saturated rings. The predicted molar refractivity (Wildman–Crippen MR) is 132 cm³/mol.